The van der Waals surface area contributed by atoms with Crippen molar-refractivity contribution in [3.05, 3.63) is 35.1 Å². The molecule has 1 unspecified atom stereocenters. The van der Waals surface area contributed by atoms with Crippen LogP contribution < -0.4 is 0 Å². The second-order valence-corrected chi connectivity index (χ2v) is 8.19. The van der Waals surface area contributed by atoms with E-state index >= 15 is 0 Å². The van der Waals surface area contributed by atoms with E-state index in [1.807, 2.05) is 0 Å². The van der Waals surface area contributed by atoms with Crippen molar-refractivity contribution in [3.63, 3.8) is 0 Å². The number of rotatable bonds is 6. The number of nitrogens with zero attached hydrogens (tertiary/aromatic N) is 2. The number of sulfonamides is 1. The van der Waals surface area contributed by atoms with Crippen molar-refractivity contribution in [2.75, 3.05) is 39.0 Å². The molecule has 1 aromatic rings. The first-order chi connectivity index (χ1) is 12.1. The first-order valence-electron chi connectivity index (χ1n) is 7.91. The Labute approximate surface area is 151 Å². The van der Waals surface area contributed by atoms with E-state index in [9.17, 15) is 22.4 Å². The predicted molar refractivity (Wildman–Crippen MR) is 90.8 cm³/mol. The molecule has 0 aliphatic carbocycles. The largest absolute Gasteiger partial charge is 0.480 e. The molecule has 1 heterocycles. The van der Waals surface area contributed by atoms with E-state index in [1.54, 1.807) is 13.0 Å². The fraction of sp³-hybridized carbons (Fsp3) is 0.500. The Hall–Kier alpha value is -2.04. The Kier molecular flexibility index (Phi) is 6.32. The van der Waals surface area contributed by atoms with Gasteiger partial charge in [-0.2, -0.15) is 4.31 Å². The minimum atomic E-state index is -3.74. The van der Waals surface area contributed by atoms with Gasteiger partial charge in [0.05, 0.1) is 19.0 Å². The second kappa shape index (κ2) is 8.11. The van der Waals surface area contributed by atoms with Gasteiger partial charge in [0.15, 0.2) is 0 Å². The number of hydrogen-bond acceptors (Lipinski definition) is 5. The summed E-state index contributed by atoms with van der Waals surface area (Å²) in [5.74, 6) is -2.18. The van der Waals surface area contributed by atoms with Crippen LogP contribution in [0.15, 0.2) is 18.2 Å². The van der Waals surface area contributed by atoms with Gasteiger partial charge in [-0.25, -0.2) is 12.8 Å². The molecule has 1 aromatic carbocycles. The van der Waals surface area contributed by atoms with Crippen LogP contribution >= 0.6 is 0 Å². The first kappa shape index (κ1) is 20.3. The molecule has 0 aromatic heterocycles. The molecule has 1 atom stereocenters. The van der Waals surface area contributed by atoms with Crippen LogP contribution in [0.5, 0.6) is 0 Å². The van der Waals surface area contributed by atoms with E-state index in [1.165, 1.54) is 11.0 Å². The van der Waals surface area contributed by atoms with Gasteiger partial charge in [0, 0.05) is 25.2 Å². The number of halogens is 1. The van der Waals surface area contributed by atoms with E-state index < -0.39 is 34.5 Å². The standard InChI is InChI=1S/C16H21FN2O6S/c1-11-5-12(7-13(17)6-11)16(22)18-3-4-25-14(8-18)9-19(10-15(20)21)26(2,23)24/h5-7,14H,3-4,8-10H2,1-2H3,(H,20,21). The van der Waals surface area contributed by atoms with Crippen LogP contribution in [-0.4, -0.2) is 79.8 Å². The Morgan fingerprint density at radius 1 is 1.38 bits per heavy atom. The average molecular weight is 388 g/mol. The van der Waals surface area contributed by atoms with Crippen molar-refractivity contribution in [3.8, 4) is 0 Å². The summed E-state index contributed by atoms with van der Waals surface area (Å²) in [6.07, 6.45) is 0.244. The van der Waals surface area contributed by atoms with Crippen LogP contribution in [0.3, 0.4) is 0 Å². The van der Waals surface area contributed by atoms with E-state index in [0.717, 1.165) is 16.6 Å². The Morgan fingerprint density at radius 2 is 2.08 bits per heavy atom. The number of aryl methyl sites for hydroxylation is 1. The molecule has 1 fully saturated rings. The predicted octanol–water partition coefficient (Wildman–Crippen LogP) is 0.321. The molecular weight excluding hydrogens is 367 g/mol. The zero-order chi connectivity index (χ0) is 19.5. The SMILES string of the molecule is Cc1cc(F)cc(C(=O)N2CCOC(CN(CC(=O)O)S(C)(=O)=O)C2)c1. The van der Waals surface area contributed by atoms with Gasteiger partial charge in [-0.3, -0.25) is 9.59 Å². The summed E-state index contributed by atoms with van der Waals surface area (Å²) in [5.41, 5.74) is 0.816. The number of hydrogen-bond donors (Lipinski definition) is 1. The minimum Gasteiger partial charge on any atom is -0.480 e. The maximum Gasteiger partial charge on any atom is 0.318 e. The summed E-state index contributed by atoms with van der Waals surface area (Å²) in [6, 6.07) is 4.03. The molecule has 8 nitrogen and oxygen atoms in total. The van der Waals surface area contributed by atoms with Crippen molar-refractivity contribution in [2.24, 2.45) is 0 Å². The molecule has 0 bridgehead atoms. The maximum absolute atomic E-state index is 13.5. The number of morpholine rings is 1. The number of carbonyl (C=O) groups is 2. The molecule has 1 saturated heterocycles. The fourth-order valence-electron chi connectivity index (χ4n) is 2.75. The highest BCUT2D eigenvalue weighted by Crippen LogP contribution is 2.15. The third-order valence-electron chi connectivity index (χ3n) is 3.90. The first-order valence-corrected chi connectivity index (χ1v) is 9.76. The van der Waals surface area contributed by atoms with Crippen molar-refractivity contribution in [1.82, 2.24) is 9.21 Å². The lowest BCUT2D eigenvalue weighted by atomic mass is 10.1. The van der Waals surface area contributed by atoms with Crippen LogP contribution in [0.1, 0.15) is 15.9 Å². The van der Waals surface area contributed by atoms with Gasteiger partial charge < -0.3 is 14.7 Å². The number of carboxylic acid groups (broad SMARTS) is 1. The Morgan fingerprint density at radius 3 is 2.65 bits per heavy atom. The van der Waals surface area contributed by atoms with Crippen LogP contribution in [0.4, 0.5) is 4.39 Å². The van der Waals surface area contributed by atoms with Crippen molar-refractivity contribution in [1.29, 1.82) is 0 Å². The van der Waals surface area contributed by atoms with E-state index in [2.05, 4.69) is 0 Å². The van der Waals surface area contributed by atoms with Crippen LogP contribution in [-0.2, 0) is 19.6 Å². The number of benzene rings is 1. The lowest BCUT2D eigenvalue weighted by molar-refractivity contribution is -0.137. The monoisotopic (exact) mass is 388 g/mol. The van der Waals surface area contributed by atoms with Crippen LogP contribution in [0.25, 0.3) is 0 Å². The smallest absolute Gasteiger partial charge is 0.318 e. The number of carbonyl (C=O) groups excluding carboxylic acids is 1. The number of ether oxygens (including phenoxy) is 1. The number of carboxylic acids is 1. The van der Waals surface area contributed by atoms with Crippen molar-refractivity contribution >= 4 is 21.9 Å². The molecule has 1 aliphatic rings. The van der Waals surface area contributed by atoms with Gasteiger partial charge >= 0.3 is 5.97 Å². The lowest BCUT2D eigenvalue weighted by Gasteiger charge is -2.35. The zero-order valence-electron chi connectivity index (χ0n) is 14.5. The molecule has 0 spiro atoms. The van der Waals surface area contributed by atoms with Gasteiger partial charge in [0.1, 0.15) is 12.4 Å². The normalized spacial score (nSPS) is 18.2. The molecule has 10 heteroatoms. The van der Waals surface area contributed by atoms with Crippen molar-refractivity contribution < 1.29 is 32.2 Å². The molecule has 1 amide bonds. The molecule has 1 aliphatic heterocycles. The third kappa shape index (κ3) is 5.48. The summed E-state index contributed by atoms with van der Waals surface area (Å²) >= 11 is 0. The topological polar surface area (TPSA) is 104 Å². The third-order valence-corrected chi connectivity index (χ3v) is 5.12. The van der Waals surface area contributed by atoms with E-state index in [-0.39, 0.29) is 37.7 Å². The van der Waals surface area contributed by atoms with Gasteiger partial charge in [-0.15, -0.1) is 0 Å². The van der Waals surface area contributed by atoms with Crippen LogP contribution in [0.2, 0.25) is 0 Å². The quantitative estimate of drug-likeness (QED) is 0.753. The molecule has 2 rings (SSSR count). The van der Waals surface area contributed by atoms with Crippen LogP contribution in [0, 0.1) is 12.7 Å². The lowest BCUT2D eigenvalue weighted by Crippen LogP contribution is -2.51. The molecular formula is C16H21FN2O6S. The highest BCUT2D eigenvalue weighted by atomic mass is 32.2. The molecule has 144 valence electrons. The summed E-state index contributed by atoms with van der Waals surface area (Å²) < 4.78 is 43.3. The summed E-state index contributed by atoms with van der Waals surface area (Å²) in [5, 5.41) is 8.87. The summed E-state index contributed by atoms with van der Waals surface area (Å²) in [6.45, 7) is 1.35. The minimum absolute atomic E-state index is 0.0834. The van der Waals surface area contributed by atoms with Gasteiger partial charge in [0.25, 0.3) is 5.91 Å². The maximum atomic E-state index is 13.5. The number of amides is 1. The number of aliphatic carboxylic acids is 1. The molecule has 0 saturated carbocycles. The Balaban J connectivity index is 2.10. The van der Waals surface area contributed by atoms with Crippen molar-refractivity contribution in [2.45, 2.75) is 13.0 Å². The molecule has 1 N–H and O–H groups in total. The Bertz CT molecular complexity index is 778. The zero-order valence-corrected chi connectivity index (χ0v) is 15.3. The molecule has 26 heavy (non-hydrogen) atoms. The van der Waals surface area contributed by atoms with Gasteiger partial charge in [-0.1, -0.05) is 0 Å². The fourth-order valence-corrected chi connectivity index (χ4v) is 3.53. The highest BCUT2D eigenvalue weighted by Gasteiger charge is 2.30. The van der Waals surface area contributed by atoms with Gasteiger partial charge in [0.2, 0.25) is 10.0 Å². The summed E-state index contributed by atoms with van der Waals surface area (Å²) in [7, 11) is -3.74. The second-order valence-electron chi connectivity index (χ2n) is 6.21. The highest BCUT2D eigenvalue weighted by molar-refractivity contribution is 7.88. The van der Waals surface area contributed by atoms with Gasteiger partial charge in [-0.05, 0) is 30.7 Å². The van der Waals surface area contributed by atoms with E-state index in [0.29, 0.717) is 5.56 Å². The molecule has 0 radical (unpaired) electrons. The van der Waals surface area contributed by atoms with E-state index in [4.69, 9.17) is 9.84 Å². The summed E-state index contributed by atoms with van der Waals surface area (Å²) in [4.78, 5) is 24.9. The average Bonchev–Trinajstić information content (AvgIpc) is 2.51.